The molecule has 78 valence electrons. The first-order valence-electron chi connectivity index (χ1n) is 4.80. The minimum absolute atomic E-state index is 0.636. The smallest absolute Gasteiger partial charge is 0.143 e. The molecule has 4 heteroatoms. The zero-order valence-electron chi connectivity index (χ0n) is 8.79. The zero-order valence-corrected chi connectivity index (χ0v) is 10.4. The molecule has 0 aliphatic rings. The Balaban J connectivity index is 2.50. The molecule has 1 atom stereocenters. The largest absolute Gasteiger partial charge is 0.369 e. The monoisotopic (exact) mass is 257 g/mol. The van der Waals surface area contributed by atoms with Crippen LogP contribution in [0, 0.1) is 11.8 Å². The molecule has 1 rings (SSSR count). The Bertz CT molecular complexity index is 288. The fourth-order valence-electron chi connectivity index (χ4n) is 0.936. The molecule has 3 nitrogen and oxygen atoms in total. The lowest BCUT2D eigenvalue weighted by Crippen LogP contribution is -2.17. The van der Waals surface area contributed by atoms with Gasteiger partial charge in [0, 0.05) is 12.7 Å². The number of nitrogens with one attached hydrogen (secondary N) is 1. The summed E-state index contributed by atoms with van der Waals surface area (Å²) in [5.74, 6) is 2.19. The van der Waals surface area contributed by atoms with Gasteiger partial charge in [-0.3, -0.25) is 0 Å². The van der Waals surface area contributed by atoms with Crippen LogP contribution in [0.1, 0.15) is 20.8 Å². The molecule has 0 aliphatic heterocycles. The maximum absolute atomic E-state index is 4.14. The van der Waals surface area contributed by atoms with Crippen LogP contribution in [0.4, 0.5) is 5.82 Å². The van der Waals surface area contributed by atoms with E-state index < -0.39 is 0 Å². The quantitative estimate of drug-likeness (QED) is 0.902. The highest BCUT2D eigenvalue weighted by molar-refractivity contribution is 9.10. The summed E-state index contributed by atoms with van der Waals surface area (Å²) in [7, 11) is 0. The normalized spacial score (nSPS) is 12.9. The van der Waals surface area contributed by atoms with E-state index in [4.69, 9.17) is 0 Å². The van der Waals surface area contributed by atoms with Crippen molar-refractivity contribution < 1.29 is 0 Å². The second-order valence-corrected chi connectivity index (χ2v) is 4.68. The van der Waals surface area contributed by atoms with Crippen molar-refractivity contribution in [3.8, 4) is 0 Å². The van der Waals surface area contributed by atoms with Gasteiger partial charge in [0.15, 0.2) is 0 Å². The summed E-state index contributed by atoms with van der Waals surface area (Å²) in [6.07, 6.45) is 3.29. The van der Waals surface area contributed by atoms with Crippen LogP contribution >= 0.6 is 15.9 Å². The molecule has 0 aliphatic carbocycles. The highest BCUT2D eigenvalue weighted by atomic mass is 79.9. The summed E-state index contributed by atoms with van der Waals surface area (Å²) < 4.78 is 0.913. The summed E-state index contributed by atoms with van der Waals surface area (Å²) in [4.78, 5) is 8.05. The summed E-state index contributed by atoms with van der Waals surface area (Å²) >= 11 is 3.40. The van der Waals surface area contributed by atoms with Crippen LogP contribution in [0.2, 0.25) is 0 Å². The van der Waals surface area contributed by atoms with E-state index in [9.17, 15) is 0 Å². The van der Waals surface area contributed by atoms with Crippen molar-refractivity contribution in [2.45, 2.75) is 20.8 Å². The van der Waals surface area contributed by atoms with E-state index in [1.165, 1.54) is 0 Å². The van der Waals surface area contributed by atoms with Crippen molar-refractivity contribution in [1.29, 1.82) is 0 Å². The predicted octanol–water partition coefficient (Wildman–Crippen LogP) is 2.94. The maximum atomic E-state index is 4.14. The lowest BCUT2D eigenvalue weighted by Gasteiger charge is -2.16. The van der Waals surface area contributed by atoms with Crippen LogP contribution in [-0.2, 0) is 0 Å². The van der Waals surface area contributed by atoms with Crippen molar-refractivity contribution in [3.05, 3.63) is 17.0 Å². The number of rotatable bonds is 4. The fraction of sp³-hybridized carbons (Fsp3) is 0.600. The predicted molar refractivity (Wildman–Crippen MR) is 62.2 cm³/mol. The van der Waals surface area contributed by atoms with Gasteiger partial charge in [0.25, 0.3) is 0 Å². The summed E-state index contributed by atoms with van der Waals surface area (Å²) in [6.45, 7) is 7.61. The molecular weight excluding hydrogens is 242 g/mol. The Morgan fingerprint density at radius 3 is 2.71 bits per heavy atom. The summed E-state index contributed by atoms with van der Waals surface area (Å²) in [6, 6.07) is 0. The Kier molecular flexibility index (Phi) is 4.32. The van der Waals surface area contributed by atoms with Crippen molar-refractivity contribution in [1.82, 2.24) is 9.97 Å². The van der Waals surface area contributed by atoms with Crippen molar-refractivity contribution >= 4 is 21.7 Å². The van der Waals surface area contributed by atoms with E-state index in [-0.39, 0.29) is 0 Å². The van der Waals surface area contributed by atoms with Gasteiger partial charge in [0.05, 0.1) is 4.47 Å². The van der Waals surface area contributed by atoms with E-state index in [0.717, 1.165) is 16.8 Å². The minimum atomic E-state index is 0.636. The van der Waals surface area contributed by atoms with Gasteiger partial charge in [-0.2, -0.15) is 0 Å². The third-order valence-corrected chi connectivity index (χ3v) is 2.98. The Morgan fingerprint density at radius 1 is 1.43 bits per heavy atom. The molecule has 1 unspecified atom stereocenters. The van der Waals surface area contributed by atoms with Crippen LogP contribution in [0.25, 0.3) is 0 Å². The molecule has 14 heavy (non-hydrogen) atoms. The average molecular weight is 258 g/mol. The molecule has 0 saturated heterocycles. The second-order valence-electron chi connectivity index (χ2n) is 3.82. The molecule has 0 fully saturated rings. The summed E-state index contributed by atoms with van der Waals surface area (Å²) in [5.41, 5.74) is 0. The van der Waals surface area contributed by atoms with Gasteiger partial charge in [0.2, 0.25) is 0 Å². The van der Waals surface area contributed by atoms with Crippen LogP contribution < -0.4 is 5.32 Å². The van der Waals surface area contributed by atoms with E-state index in [1.54, 1.807) is 12.5 Å². The highest BCUT2D eigenvalue weighted by Crippen LogP contribution is 2.18. The van der Waals surface area contributed by atoms with Gasteiger partial charge in [0.1, 0.15) is 12.1 Å². The van der Waals surface area contributed by atoms with Crippen molar-refractivity contribution in [2.24, 2.45) is 11.8 Å². The first-order valence-corrected chi connectivity index (χ1v) is 5.60. The minimum Gasteiger partial charge on any atom is -0.369 e. The molecule has 0 aromatic carbocycles. The average Bonchev–Trinajstić information content (AvgIpc) is 2.16. The Labute approximate surface area is 93.5 Å². The molecule has 0 spiro atoms. The number of halogens is 1. The van der Waals surface area contributed by atoms with E-state index in [0.29, 0.717) is 11.8 Å². The number of hydrogen-bond acceptors (Lipinski definition) is 3. The van der Waals surface area contributed by atoms with Gasteiger partial charge < -0.3 is 5.32 Å². The van der Waals surface area contributed by atoms with Gasteiger partial charge in [-0.25, -0.2) is 9.97 Å². The van der Waals surface area contributed by atoms with E-state index >= 15 is 0 Å². The lowest BCUT2D eigenvalue weighted by atomic mass is 9.98. The number of nitrogens with zero attached hydrogens (tertiary/aromatic N) is 2. The molecular formula is C10H16BrN3. The third-order valence-electron chi connectivity index (χ3n) is 2.40. The van der Waals surface area contributed by atoms with Crippen LogP contribution in [0.5, 0.6) is 0 Å². The number of aromatic nitrogens is 2. The zero-order chi connectivity index (χ0) is 10.6. The molecule has 0 radical (unpaired) electrons. The molecule has 0 bridgehead atoms. The topological polar surface area (TPSA) is 37.8 Å². The second kappa shape index (κ2) is 5.29. The molecule has 0 amide bonds. The summed E-state index contributed by atoms with van der Waals surface area (Å²) in [5, 5.41) is 3.30. The van der Waals surface area contributed by atoms with E-state index in [2.05, 4.69) is 52.0 Å². The Morgan fingerprint density at radius 2 is 2.14 bits per heavy atom. The third kappa shape index (κ3) is 3.25. The fourth-order valence-corrected chi connectivity index (χ4v) is 1.30. The van der Waals surface area contributed by atoms with Crippen LogP contribution in [0.3, 0.4) is 0 Å². The SMILES string of the molecule is CC(C)C(C)CNc1ncncc1Br. The van der Waals surface area contributed by atoms with Crippen molar-refractivity contribution in [3.63, 3.8) is 0 Å². The van der Waals surface area contributed by atoms with Crippen molar-refractivity contribution in [2.75, 3.05) is 11.9 Å². The van der Waals surface area contributed by atoms with Crippen LogP contribution in [-0.4, -0.2) is 16.5 Å². The van der Waals surface area contributed by atoms with E-state index in [1.807, 2.05) is 0 Å². The molecule has 1 aromatic heterocycles. The molecule has 1 aromatic rings. The van der Waals surface area contributed by atoms with Gasteiger partial charge in [-0.1, -0.05) is 20.8 Å². The maximum Gasteiger partial charge on any atom is 0.143 e. The van der Waals surface area contributed by atoms with Gasteiger partial charge >= 0.3 is 0 Å². The lowest BCUT2D eigenvalue weighted by molar-refractivity contribution is 0.439. The standard InChI is InChI=1S/C10H16BrN3/c1-7(2)8(3)4-13-10-9(11)5-12-6-14-10/h5-8H,4H2,1-3H3,(H,12,13,14). The van der Waals surface area contributed by atoms with Gasteiger partial charge in [-0.05, 0) is 27.8 Å². The highest BCUT2D eigenvalue weighted by Gasteiger charge is 2.07. The number of anilines is 1. The van der Waals surface area contributed by atoms with Gasteiger partial charge in [-0.15, -0.1) is 0 Å². The first kappa shape index (κ1) is 11.4. The first-order chi connectivity index (χ1) is 6.61. The Hall–Kier alpha value is -0.640. The van der Waals surface area contributed by atoms with Crippen LogP contribution in [0.15, 0.2) is 17.0 Å². The number of hydrogen-bond donors (Lipinski definition) is 1. The molecule has 1 N–H and O–H groups in total. The molecule has 1 heterocycles. The molecule has 0 saturated carbocycles.